The average Bonchev–Trinajstić information content (AvgIpc) is 2.31. The molecule has 0 aliphatic heterocycles. The van der Waals surface area contributed by atoms with Gasteiger partial charge in [0.25, 0.3) is 0 Å². The summed E-state index contributed by atoms with van der Waals surface area (Å²) in [6.45, 7) is 3.72. The van der Waals surface area contributed by atoms with Gasteiger partial charge >= 0.3 is 5.97 Å². The number of hydrogen-bond acceptors (Lipinski definition) is 4. The number of anilines is 1. The number of halogens is 1. The van der Waals surface area contributed by atoms with E-state index < -0.39 is 5.97 Å². The van der Waals surface area contributed by atoms with Gasteiger partial charge in [0.1, 0.15) is 6.61 Å². The molecule has 0 unspecified atom stereocenters. The van der Waals surface area contributed by atoms with Crippen LogP contribution in [0, 0.1) is 0 Å². The van der Waals surface area contributed by atoms with Gasteiger partial charge in [0, 0.05) is 6.04 Å². The summed E-state index contributed by atoms with van der Waals surface area (Å²) < 4.78 is 4.98. The molecule has 0 bridgehead atoms. The molecule has 3 N–H and O–H groups in total. The topological polar surface area (TPSA) is 81.4 Å². The van der Waals surface area contributed by atoms with Crippen molar-refractivity contribution in [2.75, 3.05) is 12.3 Å². The molecule has 0 saturated carbocycles. The number of para-hydroxylation sites is 1. The molecule has 104 valence electrons. The van der Waals surface area contributed by atoms with Gasteiger partial charge in [-0.3, -0.25) is 4.79 Å². The average molecular weight is 285 g/mol. The number of rotatable bonds is 5. The smallest absolute Gasteiger partial charge is 0.340 e. The number of carbonyl (C=O) groups excluding carboxylic acids is 2. The molecule has 1 rings (SSSR count). The first-order valence-electron chi connectivity index (χ1n) is 5.92. The summed E-state index contributed by atoms with van der Waals surface area (Å²) in [5.74, 6) is -0.751. The van der Waals surface area contributed by atoms with Crippen LogP contribution in [-0.4, -0.2) is 24.5 Å². The Labute approximate surface area is 117 Å². The third kappa shape index (κ3) is 4.79. The fourth-order valence-corrected chi connectivity index (χ4v) is 1.60. The Morgan fingerprint density at radius 1 is 1.42 bits per heavy atom. The maximum atomic E-state index is 11.7. The zero-order valence-corrected chi connectivity index (χ0v) is 11.7. The molecule has 0 aliphatic rings. The molecule has 0 spiro atoms. The van der Waals surface area contributed by atoms with Crippen molar-refractivity contribution in [3.63, 3.8) is 0 Å². The molecule has 1 aromatic rings. The highest BCUT2D eigenvalue weighted by molar-refractivity contribution is 6.33. The Morgan fingerprint density at radius 2 is 2.11 bits per heavy atom. The highest BCUT2D eigenvalue weighted by Gasteiger charge is 2.13. The second-order valence-corrected chi connectivity index (χ2v) is 4.72. The van der Waals surface area contributed by atoms with Crippen LogP contribution >= 0.6 is 11.6 Å². The van der Waals surface area contributed by atoms with Crippen LogP contribution in [0.15, 0.2) is 18.2 Å². The fourth-order valence-electron chi connectivity index (χ4n) is 1.42. The van der Waals surface area contributed by atoms with E-state index in [-0.39, 0.29) is 36.2 Å². The van der Waals surface area contributed by atoms with Gasteiger partial charge in [0.2, 0.25) is 5.91 Å². The molecule has 6 heteroatoms. The van der Waals surface area contributed by atoms with Crippen LogP contribution < -0.4 is 11.1 Å². The lowest BCUT2D eigenvalue weighted by atomic mass is 10.2. The molecular weight excluding hydrogens is 268 g/mol. The second kappa shape index (κ2) is 6.99. The number of amides is 1. The van der Waals surface area contributed by atoms with Crippen molar-refractivity contribution in [3.8, 4) is 0 Å². The molecule has 19 heavy (non-hydrogen) atoms. The van der Waals surface area contributed by atoms with Crippen LogP contribution in [0.2, 0.25) is 5.02 Å². The van der Waals surface area contributed by atoms with Gasteiger partial charge in [0.15, 0.2) is 0 Å². The summed E-state index contributed by atoms with van der Waals surface area (Å²) in [6.07, 6.45) is 0.115. The van der Waals surface area contributed by atoms with Crippen molar-refractivity contribution in [1.29, 1.82) is 0 Å². The standard InChI is InChI=1S/C13H17ClN2O3/c1-8(2)16-11(17)6-7-19-13(18)9-4-3-5-10(14)12(9)15/h3-5,8H,6-7,15H2,1-2H3,(H,16,17). The zero-order chi connectivity index (χ0) is 14.4. The largest absolute Gasteiger partial charge is 0.461 e. The molecular formula is C13H17ClN2O3. The van der Waals surface area contributed by atoms with E-state index in [1.54, 1.807) is 12.1 Å². The number of nitrogen functional groups attached to an aromatic ring is 1. The predicted molar refractivity (Wildman–Crippen MR) is 74.0 cm³/mol. The molecule has 0 fully saturated rings. The molecule has 5 nitrogen and oxygen atoms in total. The van der Waals surface area contributed by atoms with E-state index in [0.29, 0.717) is 5.02 Å². The lowest BCUT2D eigenvalue weighted by Crippen LogP contribution is -2.31. The van der Waals surface area contributed by atoms with E-state index in [1.807, 2.05) is 13.8 Å². The molecule has 0 radical (unpaired) electrons. The number of esters is 1. The number of nitrogens with one attached hydrogen (secondary N) is 1. The van der Waals surface area contributed by atoms with Crippen LogP contribution in [0.3, 0.4) is 0 Å². The van der Waals surface area contributed by atoms with Crippen LogP contribution in [0.4, 0.5) is 5.69 Å². The SMILES string of the molecule is CC(C)NC(=O)CCOC(=O)c1cccc(Cl)c1N. The maximum absolute atomic E-state index is 11.7. The van der Waals surface area contributed by atoms with Crippen LogP contribution in [-0.2, 0) is 9.53 Å². The third-order valence-electron chi connectivity index (χ3n) is 2.28. The van der Waals surface area contributed by atoms with Gasteiger partial charge in [-0.25, -0.2) is 4.79 Å². The van der Waals surface area contributed by atoms with Crippen molar-refractivity contribution < 1.29 is 14.3 Å². The lowest BCUT2D eigenvalue weighted by molar-refractivity contribution is -0.122. The first kappa shape index (κ1) is 15.3. The monoisotopic (exact) mass is 284 g/mol. The minimum absolute atomic E-state index is 0.00331. The van der Waals surface area contributed by atoms with Gasteiger partial charge in [-0.1, -0.05) is 17.7 Å². The number of ether oxygens (including phenoxy) is 1. The van der Waals surface area contributed by atoms with Crippen LogP contribution in [0.1, 0.15) is 30.6 Å². The van der Waals surface area contributed by atoms with Crippen molar-refractivity contribution in [2.45, 2.75) is 26.3 Å². The molecule has 0 saturated heterocycles. The molecule has 1 aromatic carbocycles. The third-order valence-corrected chi connectivity index (χ3v) is 2.61. The molecule has 0 atom stereocenters. The van der Waals surface area contributed by atoms with E-state index in [1.165, 1.54) is 6.07 Å². The van der Waals surface area contributed by atoms with Gasteiger partial charge in [0.05, 0.1) is 22.7 Å². The Balaban J connectivity index is 2.48. The Kier molecular flexibility index (Phi) is 5.63. The van der Waals surface area contributed by atoms with Crippen molar-refractivity contribution >= 4 is 29.2 Å². The van der Waals surface area contributed by atoms with Crippen LogP contribution in [0.5, 0.6) is 0 Å². The number of benzene rings is 1. The summed E-state index contributed by atoms with van der Waals surface area (Å²) in [7, 11) is 0. The van der Waals surface area contributed by atoms with E-state index in [2.05, 4.69) is 5.32 Å². The summed E-state index contributed by atoms with van der Waals surface area (Å²) >= 11 is 5.80. The predicted octanol–water partition coefficient (Wildman–Crippen LogP) is 1.99. The molecule has 0 heterocycles. The van der Waals surface area contributed by atoms with E-state index in [9.17, 15) is 9.59 Å². The molecule has 0 aromatic heterocycles. The van der Waals surface area contributed by atoms with E-state index in [4.69, 9.17) is 22.1 Å². The first-order valence-corrected chi connectivity index (χ1v) is 6.30. The number of carbonyl (C=O) groups is 2. The normalized spacial score (nSPS) is 10.3. The molecule has 0 aliphatic carbocycles. The second-order valence-electron chi connectivity index (χ2n) is 4.31. The zero-order valence-electron chi connectivity index (χ0n) is 10.9. The van der Waals surface area contributed by atoms with Crippen molar-refractivity contribution in [1.82, 2.24) is 5.32 Å². The Hall–Kier alpha value is -1.75. The van der Waals surface area contributed by atoms with Gasteiger partial charge in [-0.2, -0.15) is 0 Å². The van der Waals surface area contributed by atoms with E-state index in [0.717, 1.165) is 0 Å². The summed E-state index contributed by atoms with van der Waals surface area (Å²) in [6, 6.07) is 4.79. The van der Waals surface area contributed by atoms with Crippen LogP contribution in [0.25, 0.3) is 0 Å². The maximum Gasteiger partial charge on any atom is 0.340 e. The first-order chi connectivity index (χ1) is 8.91. The summed E-state index contributed by atoms with van der Waals surface area (Å²) in [4.78, 5) is 23.1. The quantitative estimate of drug-likeness (QED) is 0.640. The van der Waals surface area contributed by atoms with Gasteiger partial charge in [-0.05, 0) is 26.0 Å². The summed E-state index contributed by atoms with van der Waals surface area (Å²) in [5, 5.41) is 3.00. The minimum Gasteiger partial charge on any atom is -0.461 e. The Morgan fingerprint density at radius 3 is 2.74 bits per heavy atom. The van der Waals surface area contributed by atoms with Gasteiger partial charge < -0.3 is 15.8 Å². The number of nitrogens with two attached hydrogens (primary N) is 1. The summed E-state index contributed by atoms with van der Waals surface area (Å²) in [5.41, 5.74) is 6.06. The lowest BCUT2D eigenvalue weighted by Gasteiger charge is -2.09. The highest BCUT2D eigenvalue weighted by Crippen LogP contribution is 2.22. The fraction of sp³-hybridized carbons (Fsp3) is 0.385. The van der Waals surface area contributed by atoms with Crippen molar-refractivity contribution in [3.05, 3.63) is 28.8 Å². The van der Waals surface area contributed by atoms with Gasteiger partial charge in [-0.15, -0.1) is 0 Å². The Bertz CT molecular complexity index is 475. The highest BCUT2D eigenvalue weighted by atomic mass is 35.5. The van der Waals surface area contributed by atoms with Crippen molar-refractivity contribution in [2.24, 2.45) is 0 Å². The minimum atomic E-state index is -0.586. The number of hydrogen-bond donors (Lipinski definition) is 2. The van der Waals surface area contributed by atoms with E-state index >= 15 is 0 Å². The molecule has 1 amide bonds.